The van der Waals surface area contributed by atoms with Crippen LogP contribution in [0.5, 0.6) is 0 Å². The zero-order valence-corrected chi connectivity index (χ0v) is 16.8. The average Bonchev–Trinajstić information content (AvgIpc) is 3.39. The molecule has 0 saturated carbocycles. The molecule has 0 aliphatic carbocycles. The van der Waals surface area contributed by atoms with E-state index in [2.05, 4.69) is 84.3 Å². The molecule has 3 heteroatoms. The second-order valence-corrected chi connectivity index (χ2v) is 9.89. The third kappa shape index (κ3) is 2.71. The average molecular weight is 399 g/mol. The summed E-state index contributed by atoms with van der Waals surface area (Å²) in [5.74, 6) is 0. The molecular weight excluding hydrogens is 384 g/mol. The molecule has 0 amide bonds. The van der Waals surface area contributed by atoms with E-state index in [1.807, 2.05) is 34.0 Å². The molecule has 0 radical (unpaired) electrons. The van der Waals surface area contributed by atoms with Crippen molar-refractivity contribution < 1.29 is 0 Å². The van der Waals surface area contributed by atoms with E-state index in [0.717, 1.165) is 0 Å². The zero-order chi connectivity index (χ0) is 17.8. The molecule has 0 atom stereocenters. The van der Waals surface area contributed by atoms with Crippen molar-refractivity contribution in [2.75, 3.05) is 0 Å². The second kappa shape index (κ2) is 6.03. The van der Waals surface area contributed by atoms with Crippen molar-refractivity contribution in [3.63, 3.8) is 0 Å². The molecule has 0 aliphatic heterocycles. The maximum Gasteiger partial charge on any atom is 0.0356 e. The fourth-order valence-corrected chi connectivity index (χ4v) is 6.41. The molecule has 0 nitrogen and oxygen atoms in total. The first-order chi connectivity index (χ1) is 13.3. The van der Waals surface area contributed by atoms with E-state index >= 15 is 0 Å². The lowest BCUT2D eigenvalue weighted by atomic mass is 10.1. The number of benzene rings is 3. The number of hydrogen-bond donors (Lipinski definition) is 0. The Bertz CT molecular complexity index is 1370. The Morgan fingerprint density at radius 2 is 1.11 bits per heavy atom. The summed E-state index contributed by atoms with van der Waals surface area (Å²) < 4.78 is 4.08. The van der Waals surface area contributed by atoms with Crippen molar-refractivity contribution in [3.8, 4) is 0 Å². The minimum Gasteiger partial charge on any atom is -0.144 e. The number of hydrogen-bond acceptors (Lipinski definition) is 3. The molecule has 3 aromatic carbocycles. The van der Waals surface area contributed by atoms with Crippen LogP contribution in [0.1, 0.15) is 9.75 Å². The van der Waals surface area contributed by atoms with Gasteiger partial charge >= 0.3 is 0 Å². The largest absolute Gasteiger partial charge is 0.144 e. The highest BCUT2D eigenvalue weighted by Crippen LogP contribution is 2.34. The van der Waals surface area contributed by atoms with Crippen LogP contribution in [0.25, 0.3) is 53.2 Å². The summed E-state index contributed by atoms with van der Waals surface area (Å²) in [7, 11) is 0. The van der Waals surface area contributed by atoms with E-state index < -0.39 is 0 Å². The van der Waals surface area contributed by atoms with Crippen LogP contribution in [0, 0.1) is 0 Å². The Balaban J connectivity index is 1.39. The smallest absolute Gasteiger partial charge is 0.0356 e. The van der Waals surface area contributed by atoms with Gasteiger partial charge in [-0.1, -0.05) is 24.3 Å². The predicted molar refractivity (Wildman–Crippen MR) is 125 cm³/mol. The van der Waals surface area contributed by atoms with Crippen molar-refractivity contribution in [2.24, 2.45) is 0 Å². The Hall–Kier alpha value is -2.46. The quantitative estimate of drug-likeness (QED) is 0.274. The Morgan fingerprint density at radius 3 is 1.85 bits per heavy atom. The second-order valence-electron chi connectivity index (χ2n) is 6.72. The van der Waals surface area contributed by atoms with E-state index in [1.54, 1.807) is 0 Å². The molecule has 0 unspecified atom stereocenters. The molecular formula is C24H14S3. The van der Waals surface area contributed by atoms with Crippen LogP contribution in [0.2, 0.25) is 0 Å². The predicted octanol–water partition coefficient (Wildman–Crippen LogP) is 8.65. The van der Waals surface area contributed by atoms with Crippen LogP contribution in [0.3, 0.4) is 0 Å². The molecule has 0 N–H and O–H groups in total. The molecule has 0 aliphatic rings. The summed E-state index contributed by atoms with van der Waals surface area (Å²) >= 11 is 5.54. The monoisotopic (exact) mass is 398 g/mol. The number of fused-ring (bicyclic) bond motifs is 4. The van der Waals surface area contributed by atoms with Crippen molar-refractivity contribution >= 4 is 87.2 Å². The molecule has 0 bridgehead atoms. The van der Waals surface area contributed by atoms with Gasteiger partial charge in [0.05, 0.1) is 0 Å². The molecule has 0 spiro atoms. The van der Waals surface area contributed by atoms with Crippen molar-refractivity contribution in [1.82, 2.24) is 0 Å². The van der Waals surface area contributed by atoms with Crippen LogP contribution in [0.4, 0.5) is 0 Å². The third-order valence-corrected chi connectivity index (χ3v) is 7.93. The molecule has 6 aromatic rings. The summed E-state index contributed by atoms with van der Waals surface area (Å²) in [6.07, 6.45) is 4.51. The zero-order valence-electron chi connectivity index (χ0n) is 14.3. The van der Waals surface area contributed by atoms with Gasteiger partial charge in [0, 0.05) is 23.9 Å². The van der Waals surface area contributed by atoms with Gasteiger partial charge in [0.25, 0.3) is 0 Å². The lowest BCUT2D eigenvalue weighted by Crippen LogP contribution is -1.70. The van der Waals surface area contributed by atoms with E-state index in [4.69, 9.17) is 0 Å². The molecule has 27 heavy (non-hydrogen) atoms. The highest BCUT2D eigenvalue weighted by atomic mass is 32.1. The van der Waals surface area contributed by atoms with Crippen LogP contribution in [-0.4, -0.2) is 0 Å². The van der Waals surface area contributed by atoms with Gasteiger partial charge in [-0.3, -0.25) is 0 Å². The maximum atomic E-state index is 2.31. The maximum absolute atomic E-state index is 2.31. The summed E-state index contributed by atoms with van der Waals surface area (Å²) in [5, 5.41) is 8.81. The lowest BCUT2D eigenvalue weighted by molar-refractivity contribution is 1.81. The normalized spacial score (nSPS) is 12.3. The van der Waals surface area contributed by atoms with E-state index in [1.165, 1.54) is 50.8 Å². The van der Waals surface area contributed by atoms with Crippen molar-refractivity contribution in [1.29, 1.82) is 0 Å². The summed E-state index contributed by atoms with van der Waals surface area (Å²) in [5.41, 5.74) is 0. The Morgan fingerprint density at radius 1 is 0.519 bits per heavy atom. The Kier molecular flexibility index (Phi) is 3.48. The topological polar surface area (TPSA) is 0 Å². The lowest BCUT2D eigenvalue weighted by Gasteiger charge is -1.96. The Labute approximate surface area is 168 Å². The molecule has 3 aromatic heterocycles. The minimum absolute atomic E-state index is 1.30. The van der Waals surface area contributed by atoms with E-state index in [-0.39, 0.29) is 0 Å². The highest BCUT2D eigenvalue weighted by molar-refractivity contribution is 7.21. The first kappa shape index (κ1) is 15.6. The van der Waals surface area contributed by atoms with Gasteiger partial charge in [-0.05, 0) is 86.9 Å². The molecule has 0 fully saturated rings. The van der Waals surface area contributed by atoms with Gasteiger partial charge in [0.15, 0.2) is 0 Å². The summed E-state index contributed by atoms with van der Waals surface area (Å²) in [6.45, 7) is 0. The number of thiophene rings is 3. The fraction of sp³-hybridized carbons (Fsp3) is 0. The first-order valence-corrected chi connectivity index (χ1v) is 11.3. The summed E-state index contributed by atoms with van der Waals surface area (Å²) in [6, 6.07) is 24.6. The third-order valence-electron chi connectivity index (χ3n) is 4.93. The van der Waals surface area contributed by atoms with Crippen LogP contribution in [0.15, 0.2) is 72.1 Å². The molecule has 0 saturated heterocycles. The van der Waals surface area contributed by atoms with Gasteiger partial charge in [-0.25, -0.2) is 0 Å². The highest BCUT2D eigenvalue weighted by Gasteiger charge is 2.05. The van der Waals surface area contributed by atoms with Crippen LogP contribution < -0.4 is 0 Å². The fourth-order valence-electron chi connectivity index (χ4n) is 3.59. The molecule has 6 rings (SSSR count). The number of rotatable bonds is 2. The minimum atomic E-state index is 1.30. The van der Waals surface area contributed by atoms with Crippen LogP contribution >= 0.6 is 34.0 Å². The van der Waals surface area contributed by atoms with Gasteiger partial charge in [-0.2, -0.15) is 0 Å². The van der Waals surface area contributed by atoms with Gasteiger partial charge in [0.2, 0.25) is 0 Å². The van der Waals surface area contributed by atoms with Crippen molar-refractivity contribution in [2.45, 2.75) is 0 Å². The SMILES string of the molecule is C(=C\c1cc2cc3sccc3cc2s1)/c1cc2cc3ccccc3cc2s1. The molecule has 3 heterocycles. The summed E-state index contributed by atoms with van der Waals surface area (Å²) in [4.78, 5) is 2.61. The van der Waals surface area contributed by atoms with Gasteiger partial charge in [-0.15, -0.1) is 34.0 Å². The first-order valence-electron chi connectivity index (χ1n) is 8.83. The van der Waals surface area contributed by atoms with Crippen LogP contribution in [-0.2, 0) is 0 Å². The standard InChI is InChI=1S/C24H14S3/c1-2-4-16-12-23-18(9-15(16)3-1)10-20(26-23)5-6-21-11-19-14-22-17(7-8-25-22)13-24(19)27-21/h1-14H/b6-5+. The van der Waals surface area contributed by atoms with Gasteiger partial charge < -0.3 is 0 Å². The van der Waals surface area contributed by atoms with Crippen molar-refractivity contribution in [3.05, 3.63) is 81.9 Å². The van der Waals surface area contributed by atoms with E-state index in [0.29, 0.717) is 0 Å². The van der Waals surface area contributed by atoms with Gasteiger partial charge in [0.1, 0.15) is 0 Å². The van der Waals surface area contributed by atoms with E-state index in [9.17, 15) is 0 Å². The molecule has 128 valence electrons.